The summed E-state index contributed by atoms with van der Waals surface area (Å²) in [5, 5.41) is 19.8. The lowest BCUT2D eigenvalue weighted by molar-refractivity contribution is 0.102. The molecule has 1 aliphatic rings. The van der Waals surface area contributed by atoms with Crippen molar-refractivity contribution in [3.05, 3.63) is 36.0 Å². The first-order chi connectivity index (χ1) is 13.5. The van der Waals surface area contributed by atoms with E-state index in [0.29, 0.717) is 23.2 Å². The fraction of sp³-hybridized carbons (Fsp3) is 0.368. The highest BCUT2D eigenvalue weighted by molar-refractivity contribution is 6.08. The second-order valence-corrected chi connectivity index (χ2v) is 6.95. The summed E-state index contributed by atoms with van der Waals surface area (Å²) in [6, 6.07) is 7.57. The fourth-order valence-electron chi connectivity index (χ4n) is 3.41. The Balaban J connectivity index is 0.00000240. The van der Waals surface area contributed by atoms with Crippen molar-refractivity contribution in [3.8, 4) is 5.75 Å². The zero-order valence-corrected chi connectivity index (χ0v) is 17.4. The van der Waals surface area contributed by atoms with Gasteiger partial charge in [-0.15, -0.1) is 22.6 Å². The molecule has 0 unspecified atom stereocenters. The number of nitrogens with zero attached hydrogens (tertiary/aromatic N) is 5. The summed E-state index contributed by atoms with van der Waals surface area (Å²) >= 11 is 0. The number of nitrogens with one attached hydrogen (secondary N) is 2. The van der Waals surface area contributed by atoms with Gasteiger partial charge in [-0.25, -0.2) is 0 Å². The molecule has 2 N–H and O–H groups in total. The minimum Gasteiger partial charge on any atom is -0.496 e. The number of benzene rings is 1. The summed E-state index contributed by atoms with van der Waals surface area (Å²) in [5.41, 5.74) is 1.19. The molecule has 1 atom stereocenters. The third-order valence-electron chi connectivity index (χ3n) is 4.77. The maximum atomic E-state index is 12.8. The van der Waals surface area contributed by atoms with Crippen LogP contribution in [0.15, 0.2) is 30.5 Å². The van der Waals surface area contributed by atoms with Gasteiger partial charge in [-0.05, 0) is 25.1 Å². The molecule has 0 saturated carbocycles. The maximum absolute atomic E-state index is 12.8. The molecule has 1 aromatic carbocycles. The summed E-state index contributed by atoms with van der Waals surface area (Å²) < 4.78 is 7.07. The molecule has 154 valence electrons. The molecular formula is C19H24ClN7O2. The van der Waals surface area contributed by atoms with E-state index in [1.165, 1.54) is 7.11 Å². The zero-order chi connectivity index (χ0) is 19.7. The molecular weight excluding hydrogens is 394 g/mol. The monoisotopic (exact) mass is 417 g/mol. The first-order valence-electron chi connectivity index (χ1n) is 9.18. The molecule has 3 heterocycles. The SMILES string of the molecule is COc1cc2nn(C)cc2cc1C(=O)Nc1ccc(N2CCN[C@@H](C)C2)nn1.Cl. The lowest BCUT2D eigenvalue weighted by Gasteiger charge is -2.32. The van der Waals surface area contributed by atoms with Gasteiger partial charge in [0.15, 0.2) is 11.6 Å². The number of amides is 1. The number of methoxy groups -OCH3 is 1. The molecule has 10 heteroatoms. The van der Waals surface area contributed by atoms with Gasteiger partial charge in [0.05, 0.1) is 18.2 Å². The van der Waals surface area contributed by atoms with Gasteiger partial charge in [0.1, 0.15) is 5.75 Å². The van der Waals surface area contributed by atoms with Crippen LogP contribution in [0.2, 0.25) is 0 Å². The van der Waals surface area contributed by atoms with E-state index in [2.05, 4.69) is 37.8 Å². The number of aryl methyl sites for hydroxylation is 1. The van der Waals surface area contributed by atoms with Crippen LogP contribution in [-0.4, -0.2) is 58.7 Å². The molecule has 0 radical (unpaired) electrons. The van der Waals surface area contributed by atoms with Gasteiger partial charge in [0.25, 0.3) is 5.91 Å². The van der Waals surface area contributed by atoms with Crippen LogP contribution in [0.25, 0.3) is 10.9 Å². The first-order valence-corrected chi connectivity index (χ1v) is 9.18. The van der Waals surface area contributed by atoms with Crippen LogP contribution < -0.4 is 20.3 Å². The van der Waals surface area contributed by atoms with Gasteiger partial charge in [0, 0.05) is 50.4 Å². The fourth-order valence-corrected chi connectivity index (χ4v) is 3.41. The Morgan fingerprint density at radius 3 is 2.83 bits per heavy atom. The summed E-state index contributed by atoms with van der Waals surface area (Å²) in [7, 11) is 3.37. The van der Waals surface area contributed by atoms with Crippen LogP contribution in [0.3, 0.4) is 0 Å². The highest BCUT2D eigenvalue weighted by Crippen LogP contribution is 2.26. The normalized spacial score (nSPS) is 16.4. The number of hydrogen-bond acceptors (Lipinski definition) is 7. The Morgan fingerprint density at radius 1 is 1.31 bits per heavy atom. The molecule has 29 heavy (non-hydrogen) atoms. The molecule has 1 saturated heterocycles. The number of rotatable bonds is 4. The number of piperazine rings is 1. The van der Waals surface area contributed by atoms with Crippen molar-refractivity contribution in [1.82, 2.24) is 25.3 Å². The Morgan fingerprint density at radius 2 is 2.14 bits per heavy atom. The van der Waals surface area contributed by atoms with Crippen molar-refractivity contribution < 1.29 is 9.53 Å². The van der Waals surface area contributed by atoms with E-state index in [4.69, 9.17) is 4.74 Å². The molecule has 1 aliphatic heterocycles. The average molecular weight is 418 g/mol. The van der Waals surface area contributed by atoms with Gasteiger partial charge in [0.2, 0.25) is 0 Å². The van der Waals surface area contributed by atoms with E-state index in [-0.39, 0.29) is 18.3 Å². The Labute approximate surface area is 174 Å². The predicted molar refractivity (Wildman–Crippen MR) is 114 cm³/mol. The van der Waals surface area contributed by atoms with Crippen LogP contribution >= 0.6 is 12.4 Å². The number of anilines is 2. The van der Waals surface area contributed by atoms with Crippen molar-refractivity contribution >= 4 is 40.9 Å². The Hall–Kier alpha value is -2.91. The standard InChI is InChI=1S/C19H23N7O2.ClH/c1-12-10-26(7-6-20-12)18-5-4-17(22-23-18)21-19(27)14-8-13-11-25(2)24-15(13)9-16(14)28-3;/h4-5,8-9,11-12,20H,6-7,10H2,1-3H3,(H,21,22,27);1H/t12-;/m0./s1. The molecule has 2 aromatic heterocycles. The lowest BCUT2D eigenvalue weighted by Crippen LogP contribution is -2.49. The molecule has 0 spiro atoms. The minimum atomic E-state index is -0.305. The topological polar surface area (TPSA) is 97.2 Å². The van der Waals surface area contributed by atoms with Crippen LogP contribution in [0.4, 0.5) is 11.6 Å². The van der Waals surface area contributed by atoms with Gasteiger partial charge in [-0.2, -0.15) is 5.10 Å². The number of halogens is 1. The lowest BCUT2D eigenvalue weighted by atomic mass is 10.1. The molecule has 1 fully saturated rings. The minimum absolute atomic E-state index is 0. The van der Waals surface area contributed by atoms with Crippen LogP contribution in [0.1, 0.15) is 17.3 Å². The predicted octanol–water partition coefficient (Wildman–Crippen LogP) is 1.84. The van der Waals surface area contributed by atoms with Crippen LogP contribution in [0, 0.1) is 0 Å². The van der Waals surface area contributed by atoms with Crippen molar-refractivity contribution in [2.45, 2.75) is 13.0 Å². The number of fused-ring (bicyclic) bond motifs is 1. The summed E-state index contributed by atoms with van der Waals surface area (Å²) in [6.07, 6.45) is 1.86. The molecule has 4 rings (SSSR count). The number of hydrogen-bond donors (Lipinski definition) is 2. The van der Waals surface area contributed by atoms with Crippen molar-refractivity contribution in [2.24, 2.45) is 7.05 Å². The largest absolute Gasteiger partial charge is 0.496 e. The Kier molecular flexibility index (Phi) is 6.19. The Bertz CT molecular complexity index is 1010. The summed E-state index contributed by atoms with van der Waals surface area (Å²) in [4.78, 5) is 14.9. The van der Waals surface area contributed by atoms with Gasteiger partial charge in [-0.3, -0.25) is 9.48 Å². The quantitative estimate of drug-likeness (QED) is 0.668. The highest BCUT2D eigenvalue weighted by Gasteiger charge is 2.19. The maximum Gasteiger partial charge on any atom is 0.260 e. The van der Waals surface area contributed by atoms with E-state index in [9.17, 15) is 4.79 Å². The van der Waals surface area contributed by atoms with Gasteiger partial charge in [-0.1, -0.05) is 0 Å². The number of carbonyl (C=O) groups is 1. The van der Waals surface area contributed by atoms with E-state index < -0.39 is 0 Å². The second-order valence-electron chi connectivity index (χ2n) is 6.95. The summed E-state index contributed by atoms with van der Waals surface area (Å²) in [6.45, 7) is 4.81. The third-order valence-corrected chi connectivity index (χ3v) is 4.77. The van der Waals surface area contributed by atoms with Crippen LogP contribution in [0.5, 0.6) is 5.75 Å². The van der Waals surface area contributed by atoms with Crippen molar-refractivity contribution in [1.29, 1.82) is 0 Å². The van der Waals surface area contributed by atoms with E-state index in [1.807, 2.05) is 19.3 Å². The van der Waals surface area contributed by atoms with E-state index in [0.717, 1.165) is 36.4 Å². The summed E-state index contributed by atoms with van der Waals surface area (Å²) in [5.74, 6) is 1.36. The molecule has 1 amide bonds. The molecule has 0 aliphatic carbocycles. The van der Waals surface area contributed by atoms with Crippen molar-refractivity contribution in [2.75, 3.05) is 37.0 Å². The second kappa shape index (κ2) is 8.62. The third kappa shape index (κ3) is 4.41. The smallest absolute Gasteiger partial charge is 0.260 e. The van der Waals surface area contributed by atoms with E-state index in [1.54, 1.807) is 22.9 Å². The molecule has 9 nitrogen and oxygen atoms in total. The van der Waals surface area contributed by atoms with Gasteiger partial charge < -0.3 is 20.3 Å². The molecule has 0 bridgehead atoms. The number of ether oxygens (including phenoxy) is 1. The van der Waals surface area contributed by atoms with Gasteiger partial charge >= 0.3 is 0 Å². The number of carbonyl (C=O) groups excluding carboxylic acids is 1. The van der Waals surface area contributed by atoms with Crippen LogP contribution in [-0.2, 0) is 7.05 Å². The first kappa shape index (κ1) is 20.8. The van der Waals surface area contributed by atoms with E-state index >= 15 is 0 Å². The zero-order valence-electron chi connectivity index (χ0n) is 16.5. The molecule has 3 aromatic rings. The highest BCUT2D eigenvalue weighted by atomic mass is 35.5. The average Bonchev–Trinajstić information content (AvgIpc) is 3.06. The number of aromatic nitrogens is 4. The van der Waals surface area contributed by atoms with Crippen molar-refractivity contribution in [3.63, 3.8) is 0 Å².